The Bertz CT molecular complexity index is 803. The van der Waals surface area contributed by atoms with Crippen molar-refractivity contribution in [3.8, 4) is 0 Å². The Kier molecular flexibility index (Phi) is 4.66. The lowest BCUT2D eigenvalue weighted by Gasteiger charge is -2.18. The summed E-state index contributed by atoms with van der Waals surface area (Å²) >= 11 is 0. The third-order valence-corrected chi connectivity index (χ3v) is 4.87. The maximum Gasteiger partial charge on any atom is 0.270 e. The van der Waals surface area contributed by atoms with Gasteiger partial charge in [0.1, 0.15) is 5.69 Å². The minimum absolute atomic E-state index is 0.0728. The van der Waals surface area contributed by atoms with Crippen molar-refractivity contribution >= 4 is 17.4 Å². The summed E-state index contributed by atoms with van der Waals surface area (Å²) in [5.41, 5.74) is 5.20. The third kappa shape index (κ3) is 3.31. The summed E-state index contributed by atoms with van der Waals surface area (Å²) in [4.78, 5) is 31.9. The van der Waals surface area contributed by atoms with Crippen molar-refractivity contribution in [3.05, 3.63) is 52.3 Å². The molecule has 1 aromatic heterocycles. The number of anilines is 1. The number of ketones is 1. The van der Waals surface area contributed by atoms with Crippen LogP contribution in [0.3, 0.4) is 0 Å². The van der Waals surface area contributed by atoms with E-state index in [9.17, 15) is 9.59 Å². The topological polar surface area (TPSA) is 56.4 Å². The van der Waals surface area contributed by atoms with Gasteiger partial charge in [-0.3, -0.25) is 9.59 Å². The number of amides is 1. The summed E-state index contributed by atoms with van der Waals surface area (Å²) in [7, 11) is 5.80. The summed E-state index contributed by atoms with van der Waals surface area (Å²) in [5.74, 6) is 0.0763. The highest BCUT2D eigenvalue weighted by molar-refractivity contribution is 6.04. The Morgan fingerprint density at radius 1 is 1.12 bits per heavy atom. The van der Waals surface area contributed by atoms with E-state index < -0.39 is 0 Å². The first-order valence-corrected chi connectivity index (χ1v) is 8.65. The van der Waals surface area contributed by atoms with Crippen molar-refractivity contribution in [2.75, 3.05) is 26.0 Å². The van der Waals surface area contributed by atoms with E-state index in [4.69, 9.17) is 0 Å². The Hall–Kier alpha value is -2.56. The maximum atomic E-state index is 12.8. The van der Waals surface area contributed by atoms with Crippen LogP contribution in [0.15, 0.2) is 24.3 Å². The fourth-order valence-corrected chi connectivity index (χ4v) is 3.42. The van der Waals surface area contributed by atoms with Crippen molar-refractivity contribution in [2.45, 2.75) is 32.7 Å². The molecule has 1 aliphatic rings. The predicted molar refractivity (Wildman–Crippen MR) is 99.4 cm³/mol. The molecule has 1 amide bonds. The quantitative estimate of drug-likeness (QED) is 0.931. The standard InChI is InChI=1S/C20H25N3O2/c1-13-18-16(6-5-7-17(18)24)21-19(13)20(25)23(4)12-14-8-10-15(11-9-14)22(2)3/h8-11,21H,5-7,12H2,1-4H3. The smallest absolute Gasteiger partial charge is 0.270 e. The lowest BCUT2D eigenvalue weighted by Crippen LogP contribution is -2.27. The van der Waals surface area contributed by atoms with E-state index in [0.717, 1.165) is 40.9 Å². The molecule has 0 unspecified atom stereocenters. The third-order valence-electron chi connectivity index (χ3n) is 4.87. The van der Waals surface area contributed by atoms with Crippen LogP contribution < -0.4 is 4.90 Å². The van der Waals surface area contributed by atoms with Gasteiger partial charge in [0.05, 0.1) is 0 Å². The molecule has 1 aliphatic carbocycles. The second-order valence-corrected chi connectivity index (χ2v) is 6.98. The van der Waals surface area contributed by atoms with Crippen LogP contribution in [-0.2, 0) is 13.0 Å². The van der Waals surface area contributed by atoms with E-state index in [1.165, 1.54) is 0 Å². The molecule has 1 heterocycles. The van der Waals surface area contributed by atoms with E-state index >= 15 is 0 Å². The zero-order valence-electron chi connectivity index (χ0n) is 15.3. The second kappa shape index (κ2) is 6.75. The van der Waals surface area contributed by atoms with Gasteiger partial charge in [0.25, 0.3) is 5.91 Å². The number of hydrogen-bond donors (Lipinski definition) is 1. The highest BCUT2D eigenvalue weighted by Gasteiger charge is 2.27. The van der Waals surface area contributed by atoms with Gasteiger partial charge in [0.2, 0.25) is 0 Å². The summed E-state index contributed by atoms with van der Waals surface area (Å²) in [6.07, 6.45) is 2.27. The molecule has 0 atom stereocenters. The molecule has 132 valence electrons. The van der Waals surface area contributed by atoms with E-state index in [-0.39, 0.29) is 11.7 Å². The molecule has 3 rings (SSSR count). The lowest BCUT2D eigenvalue weighted by molar-refractivity contribution is 0.0779. The largest absolute Gasteiger partial charge is 0.378 e. The van der Waals surface area contributed by atoms with Crippen LogP contribution in [0.25, 0.3) is 0 Å². The highest BCUT2D eigenvalue weighted by atomic mass is 16.2. The van der Waals surface area contributed by atoms with Crippen molar-refractivity contribution in [1.82, 2.24) is 9.88 Å². The first kappa shape index (κ1) is 17.3. The number of hydrogen-bond acceptors (Lipinski definition) is 3. The van der Waals surface area contributed by atoms with Gasteiger partial charge in [-0.15, -0.1) is 0 Å². The molecule has 25 heavy (non-hydrogen) atoms. The number of fused-ring (bicyclic) bond motifs is 1. The molecule has 2 aromatic rings. The fourth-order valence-electron chi connectivity index (χ4n) is 3.42. The zero-order chi connectivity index (χ0) is 18.1. The summed E-state index contributed by atoms with van der Waals surface area (Å²) < 4.78 is 0. The first-order chi connectivity index (χ1) is 11.9. The van der Waals surface area contributed by atoms with Crippen molar-refractivity contribution in [2.24, 2.45) is 0 Å². The number of rotatable bonds is 4. The minimum Gasteiger partial charge on any atom is -0.378 e. The van der Waals surface area contributed by atoms with Gasteiger partial charge in [-0.25, -0.2) is 0 Å². The average molecular weight is 339 g/mol. The van der Waals surface area contributed by atoms with Gasteiger partial charge < -0.3 is 14.8 Å². The summed E-state index contributed by atoms with van der Waals surface area (Å²) in [6.45, 7) is 2.40. The number of aromatic amines is 1. The first-order valence-electron chi connectivity index (χ1n) is 8.65. The Labute approximate surface area is 148 Å². The van der Waals surface area contributed by atoms with Crippen LogP contribution >= 0.6 is 0 Å². The number of benzene rings is 1. The van der Waals surface area contributed by atoms with Crippen molar-refractivity contribution in [1.29, 1.82) is 0 Å². The molecule has 5 nitrogen and oxygen atoms in total. The molecule has 0 aliphatic heterocycles. The van der Waals surface area contributed by atoms with Crippen molar-refractivity contribution in [3.63, 3.8) is 0 Å². The van der Waals surface area contributed by atoms with Crippen LogP contribution in [0, 0.1) is 6.92 Å². The number of nitrogens with one attached hydrogen (secondary N) is 1. The SMILES string of the molecule is Cc1c(C(=O)N(C)Cc2ccc(N(C)C)cc2)[nH]c2c1C(=O)CCC2. The number of Topliss-reactive ketones (excluding diaryl/α,β-unsaturated/α-hetero) is 1. The fraction of sp³-hybridized carbons (Fsp3) is 0.400. The number of aromatic nitrogens is 1. The molecule has 0 fully saturated rings. The van der Waals surface area contributed by atoms with E-state index in [0.29, 0.717) is 18.7 Å². The molecule has 0 spiro atoms. The lowest BCUT2D eigenvalue weighted by atomic mass is 9.94. The number of aryl methyl sites for hydroxylation is 1. The Balaban J connectivity index is 1.78. The van der Waals surface area contributed by atoms with Crippen molar-refractivity contribution < 1.29 is 9.59 Å². The van der Waals surface area contributed by atoms with Gasteiger partial charge in [-0.05, 0) is 43.0 Å². The molecule has 5 heteroatoms. The van der Waals surface area contributed by atoms with Gasteiger partial charge in [-0.1, -0.05) is 12.1 Å². The van der Waals surface area contributed by atoms with E-state index in [2.05, 4.69) is 4.98 Å². The normalized spacial score (nSPS) is 13.5. The Morgan fingerprint density at radius 2 is 1.80 bits per heavy atom. The van der Waals surface area contributed by atoms with Crippen LogP contribution in [0.4, 0.5) is 5.69 Å². The molecule has 0 radical (unpaired) electrons. The number of H-pyrrole nitrogens is 1. The van der Waals surface area contributed by atoms with Crippen LogP contribution in [0.2, 0.25) is 0 Å². The summed E-state index contributed by atoms with van der Waals surface area (Å²) in [5, 5.41) is 0. The molecular weight excluding hydrogens is 314 g/mol. The van der Waals surface area contributed by atoms with E-state index in [1.54, 1.807) is 11.9 Å². The average Bonchev–Trinajstić information content (AvgIpc) is 2.92. The molecule has 0 saturated carbocycles. The number of carbonyl (C=O) groups is 2. The maximum absolute atomic E-state index is 12.8. The zero-order valence-corrected chi connectivity index (χ0v) is 15.3. The van der Waals surface area contributed by atoms with E-state index in [1.807, 2.05) is 50.2 Å². The molecular formula is C20H25N3O2. The molecule has 0 saturated heterocycles. The van der Waals surface area contributed by atoms with Gasteiger partial charge in [0, 0.05) is 51.1 Å². The highest BCUT2D eigenvalue weighted by Crippen LogP contribution is 2.27. The van der Waals surface area contributed by atoms with Crippen LogP contribution in [0.1, 0.15) is 50.5 Å². The van der Waals surface area contributed by atoms with Crippen LogP contribution in [-0.4, -0.2) is 42.7 Å². The monoisotopic (exact) mass is 339 g/mol. The van der Waals surface area contributed by atoms with Gasteiger partial charge >= 0.3 is 0 Å². The molecule has 0 bridgehead atoms. The number of nitrogens with zero attached hydrogens (tertiary/aromatic N) is 2. The predicted octanol–water partition coefficient (Wildman–Crippen LogP) is 3.18. The minimum atomic E-state index is -0.0728. The Morgan fingerprint density at radius 3 is 2.40 bits per heavy atom. The molecule has 1 aromatic carbocycles. The van der Waals surface area contributed by atoms with Gasteiger partial charge in [-0.2, -0.15) is 0 Å². The number of carbonyl (C=O) groups excluding carboxylic acids is 2. The molecule has 1 N–H and O–H groups in total. The van der Waals surface area contributed by atoms with Crippen LogP contribution in [0.5, 0.6) is 0 Å². The van der Waals surface area contributed by atoms with Gasteiger partial charge in [0.15, 0.2) is 5.78 Å². The second-order valence-electron chi connectivity index (χ2n) is 6.98. The summed E-state index contributed by atoms with van der Waals surface area (Å²) in [6, 6.07) is 8.17.